The van der Waals surface area contributed by atoms with Crippen LogP contribution in [-0.4, -0.2) is 7.11 Å². The van der Waals surface area contributed by atoms with E-state index < -0.39 is 6.04 Å². The fourth-order valence-corrected chi connectivity index (χ4v) is 2.91. The Balaban J connectivity index is 2.47. The molecule has 0 aliphatic heterocycles. The van der Waals surface area contributed by atoms with Gasteiger partial charge in [0.15, 0.2) is 0 Å². The molecule has 0 heterocycles. The summed E-state index contributed by atoms with van der Waals surface area (Å²) < 4.78 is 20.6. The number of hydrogen-bond donors (Lipinski definition) is 2. The van der Waals surface area contributed by atoms with Crippen LogP contribution in [0.25, 0.3) is 0 Å². The fourth-order valence-electron chi connectivity index (χ4n) is 1.97. The Morgan fingerprint density at radius 1 is 1.20 bits per heavy atom. The highest BCUT2D eigenvalue weighted by molar-refractivity contribution is 9.10. The Labute approximate surface area is 133 Å². The highest BCUT2D eigenvalue weighted by Crippen LogP contribution is 2.32. The van der Waals surface area contributed by atoms with E-state index in [2.05, 4.69) is 37.3 Å². The molecule has 20 heavy (non-hydrogen) atoms. The van der Waals surface area contributed by atoms with Gasteiger partial charge in [-0.2, -0.15) is 0 Å². The zero-order valence-electron chi connectivity index (χ0n) is 10.7. The second-order valence-corrected chi connectivity index (χ2v) is 5.85. The molecule has 2 aromatic carbocycles. The van der Waals surface area contributed by atoms with Crippen molar-refractivity contribution in [1.82, 2.24) is 5.43 Å². The van der Waals surface area contributed by atoms with Gasteiger partial charge in [-0.1, -0.05) is 18.2 Å². The fraction of sp³-hybridized carbons (Fsp3) is 0.143. The van der Waals surface area contributed by atoms with E-state index >= 15 is 0 Å². The van der Waals surface area contributed by atoms with Crippen LogP contribution in [0.5, 0.6) is 5.75 Å². The van der Waals surface area contributed by atoms with E-state index in [1.807, 2.05) is 12.1 Å². The lowest BCUT2D eigenvalue weighted by Crippen LogP contribution is -2.29. The van der Waals surface area contributed by atoms with Crippen LogP contribution >= 0.6 is 31.9 Å². The van der Waals surface area contributed by atoms with Crippen molar-refractivity contribution in [2.45, 2.75) is 6.04 Å². The van der Waals surface area contributed by atoms with E-state index in [0.29, 0.717) is 15.8 Å². The lowest BCUT2D eigenvalue weighted by atomic mass is 9.99. The third kappa shape index (κ3) is 3.03. The number of ether oxygens (including phenoxy) is 1. The molecule has 0 amide bonds. The van der Waals surface area contributed by atoms with Crippen molar-refractivity contribution >= 4 is 31.9 Å². The standard InChI is InChI=1S/C14H13Br2FN2O/c1-20-12-6-5-8(7-11(12)16)14(19-18)9-3-2-4-10(15)13(9)17/h2-7,14,19H,18H2,1H3. The lowest BCUT2D eigenvalue weighted by molar-refractivity contribution is 0.411. The Bertz CT molecular complexity index is 622. The highest BCUT2D eigenvalue weighted by atomic mass is 79.9. The third-order valence-electron chi connectivity index (χ3n) is 2.97. The number of nitrogens with one attached hydrogen (secondary N) is 1. The van der Waals surface area contributed by atoms with Gasteiger partial charge in [0.2, 0.25) is 0 Å². The Hall–Kier alpha value is -0.950. The first kappa shape index (κ1) is 15.4. The molecule has 0 spiro atoms. The van der Waals surface area contributed by atoms with Crippen molar-refractivity contribution < 1.29 is 9.13 Å². The SMILES string of the molecule is COc1ccc(C(NN)c2cccc(Br)c2F)cc1Br. The quantitative estimate of drug-likeness (QED) is 0.600. The first-order valence-corrected chi connectivity index (χ1v) is 7.40. The van der Waals surface area contributed by atoms with E-state index in [1.54, 1.807) is 31.4 Å². The number of methoxy groups -OCH3 is 1. The summed E-state index contributed by atoms with van der Waals surface area (Å²) in [5.74, 6) is 5.97. The minimum atomic E-state index is -0.449. The van der Waals surface area contributed by atoms with E-state index in [-0.39, 0.29) is 5.82 Å². The van der Waals surface area contributed by atoms with Crippen LogP contribution in [0.2, 0.25) is 0 Å². The minimum Gasteiger partial charge on any atom is -0.496 e. The monoisotopic (exact) mass is 402 g/mol. The van der Waals surface area contributed by atoms with Crippen molar-refractivity contribution in [3.8, 4) is 5.75 Å². The van der Waals surface area contributed by atoms with Gasteiger partial charge in [0.1, 0.15) is 11.6 Å². The molecule has 1 unspecified atom stereocenters. The molecule has 0 aromatic heterocycles. The molecular weight excluding hydrogens is 391 g/mol. The minimum absolute atomic E-state index is 0.331. The first-order valence-electron chi connectivity index (χ1n) is 5.82. The Morgan fingerprint density at radius 3 is 2.55 bits per heavy atom. The largest absolute Gasteiger partial charge is 0.496 e. The van der Waals surface area contributed by atoms with Crippen molar-refractivity contribution in [2.75, 3.05) is 7.11 Å². The maximum absolute atomic E-state index is 14.2. The third-order valence-corrected chi connectivity index (χ3v) is 4.20. The molecule has 0 radical (unpaired) electrons. The maximum atomic E-state index is 14.2. The van der Waals surface area contributed by atoms with Crippen LogP contribution in [0, 0.1) is 5.82 Å². The summed E-state index contributed by atoms with van der Waals surface area (Å²) in [5.41, 5.74) is 3.95. The van der Waals surface area contributed by atoms with Gasteiger partial charge >= 0.3 is 0 Å². The van der Waals surface area contributed by atoms with Crippen LogP contribution in [0.1, 0.15) is 17.2 Å². The molecule has 3 N–H and O–H groups in total. The lowest BCUT2D eigenvalue weighted by Gasteiger charge is -2.19. The van der Waals surface area contributed by atoms with E-state index in [4.69, 9.17) is 10.6 Å². The summed E-state index contributed by atoms with van der Waals surface area (Å²) in [6, 6.07) is 10.2. The van der Waals surface area contributed by atoms with E-state index in [0.717, 1.165) is 10.0 Å². The van der Waals surface area contributed by atoms with Crippen LogP contribution in [0.15, 0.2) is 45.3 Å². The zero-order chi connectivity index (χ0) is 14.7. The second-order valence-electron chi connectivity index (χ2n) is 4.14. The Morgan fingerprint density at radius 2 is 1.95 bits per heavy atom. The summed E-state index contributed by atoms with van der Waals surface area (Å²) in [4.78, 5) is 0. The van der Waals surface area contributed by atoms with Crippen LogP contribution in [0.4, 0.5) is 4.39 Å². The van der Waals surface area contributed by atoms with Crippen molar-refractivity contribution in [2.24, 2.45) is 5.84 Å². The number of hydrazine groups is 1. The molecule has 2 rings (SSSR count). The van der Waals surface area contributed by atoms with E-state index in [9.17, 15) is 4.39 Å². The van der Waals surface area contributed by atoms with Gasteiger partial charge < -0.3 is 4.74 Å². The van der Waals surface area contributed by atoms with Crippen molar-refractivity contribution in [3.05, 3.63) is 62.3 Å². The number of halogens is 3. The molecule has 0 aliphatic rings. The van der Waals surface area contributed by atoms with Crippen LogP contribution < -0.4 is 16.0 Å². The van der Waals surface area contributed by atoms with Gasteiger partial charge in [-0.15, -0.1) is 0 Å². The average Bonchev–Trinajstić information content (AvgIpc) is 2.44. The van der Waals surface area contributed by atoms with Gasteiger partial charge in [-0.05, 0) is 55.6 Å². The van der Waals surface area contributed by atoms with Gasteiger partial charge in [0.25, 0.3) is 0 Å². The highest BCUT2D eigenvalue weighted by Gasteiger charge is 2.19. The normalized spacial score (nSPS) is 12.2. The second kappa shape index (κ2) is 6.67. The molecule has 0 aliphatic carbocycles. The zero-order valence-corrected chi connectivity index (χ0v) is 13.8. The summed E-state index contributed by atoms with van der Waals surface area (Å²) in [6.45, 7) is 0. The molecular formula is C14H13Br2FN2O. The van der Waals surface area contributed by atoms with Crippen LogP contribution in [-0.2, 0) is 0 Å². The Kier molecular flexibility index (Phi) is 5.15. The summed E-state index contributed by atoms with van der Waals surface area (Å²) >= 11 is 6.59. The summed E-state index contributed by atoms with van der Waals surface area (Å²) in [7, 11) is 1.59. The molecule has 0 fully saturated rings. The van der Waals surface area contributed by atoms with Gasteiger partial charge in [-0.3, -0.25) is 5.84 Å². The first-order chi connectivity index (χ1) is 9.58. The predicted octanol–water partition coefficient (Wildman–Crippen LogP) is 3.91. The molecule has 0 saturated carbocycles. The average molecular weight is 404 g/mol. The molecule has 3 nitrogen and oxygen atoms in total. The van der Waals surface area contributed by atoms with Crippen molar-refractivity contribution in [1.29, 1.82) is 0 Å². The smallest absolute Gasteiger partial charge is 0.142 e. The number of nitrogens with two attached hydrogens (primary N) is 1. The van der Waals surface area contributed by atoms with E-state index in [1.165, 1.54) is 0 Å². The predicted molar refractivity (Wildman–Crippen MR) is 84.0 cm³/mol. The van der Waals surface area contributed by atoms with Gasteiger partial charge in [-0.25, -0.2) is 9.82 Å². The summed E-state index contributed by atoms with van der Waals surface area (Å²) in [5, 5.41) is 0. The number of benzene rings is 2. The van der Waals surface area contributed by atoms with Crippen molar-refractivity contribution in [3.63, 3.8) is 0 Å². The number of hydrogen-bond acceptors (Lipinski definition) is 3. The molecule has 1 atom stereocenters. The molecule has 2 aromatic rings. The maximum Gasteiger partial charge on any atom is 0.142 e. The molecule has 106 valence electrons. The topological polar surface area (TPSA) is 47.3 Å². The molecule has 0 bridgehead atoms. The molecule has 0 saturated heterocycles. The number of rotatable bonds is 4. The van der Waals surface area contributed by atoms with Gasteiger partial charge in [0.05, 0.1) is 22.1 Å². The van der Waals surface area contributed by atoms with Crippen LogP contribution in [0.3, 0.4) is 0 Å². The van der Waals surface area contributed by atoms with Gasteiger partial charge in [0, 0.05) is 5.56 Å². The molecule has 6 heteroatoms. The summed E-state index contributed by atoms with van der Waals surface area (Å²) in [6.07, 6.45) is 0.